The van der Waals surface area contributed by atoms with Crippen LogP contribution >= 0.6 is 15.9 Å². The monoisotopic (exact) mass is 299 g/mol. The second-order valence-electron chi connectivity index (χ2n) is 5.24. The van der Waals surface area contributed by atoms with Crippen molar-refractivity contribution in [2.45, 2.75) is 38.3 Å². The molecule has 0 saturated carbocycles. The molecule has 0 atom stereocenters. The Balaban J connectivity index is 2.24. The average Bonchev–Trinajstić information content (AvgIpc) is 2.28. The van der Waals surface area contributed by atoms with Crippen molar-refractivity contribution in [3.63, 3.8) is 0 Å². The van der Waals surface area contributed by atoms with Crippen molar-refractivity contribution < 1.29 is 4.39 Å². The van der Waals surface area contributed by atoms with Gasteiger partial charge in [0.1, 0.15) is 5.67 Å². The molecule has 1 heterocycles. The first-order chi connectivity index (χ1) is 7.98. The number of alkyl halides is 1. The smallest absolute Gasteiger partial charge is 0.131 e. The van der Waals surface area contributed by atoms with Crippen LogP contribution in [0.1, 0.15) is 43.7 Å². The van der Waals surface area contributed by atoms with Gasteiger partial charge in [0, 0.05) is 10.0 Å². The van der Waals surface area contributed by atoms with Gasteiger partial charge >= 0.3 is 0 Å². The molecule has 1 fully saturated rings. The van der Waals surface area contributed by atoms with Crippen molar-refractivity contribution in [2.75, 3.05) is 13.1 Å². The van der Waals surface area contributed by atoms with E-state index in [2.05, 4.69) is 33.4 Å². The van der Waals surface area contributed by atoms with Crippen molar-refractivity contribution in [2.24, 2.45) is 0 Å². The Morgan fingerprint density at radius 1 is 1.29 bits per heavy atom. The van der Waals surface area contributed by atoms with E-state index in [1.165, 1.54) is 18.4 Å². The van der Waals surface area contributed by atoms with Gasteiger partial charge in [-0.25, -0.2) is 4.39 Å². The minimum atomic E-state index is -1.29. The zero-order valence-corrected chi connectivity index (χ0v) is 12.0. The van der Waals surface area contributed by atoms with Gasteiger partial charge in [-0.1, -0.05) is 28.1 Å². The average molecular weight is 300 g/mol. The van der Waals surface area contributed by atoms with Gasteiger partial charge in [-0.3, -0.25) is 0 Å². The second-order valence-corrected chi connectivity index (χ2v) is 6.09. The van der Waals surface area contributed by atoms with Crippen LogP contribution in [0, 0.1) is 0 Å². The molecule has 0 aromatic heterocycles. The van der Waals surface area contributed by atoms with Gasteiger partial charge in [-0.05, 0) is 57.3 Å². The van der Waals surface area contributed by atoms with Gasteiger partial charge in [0.05, 0.1) is 0 Å². The summed E-state index contributed by atoms with van der Waals surface area (Å²) in [5, 5.41) is 3.36. The van der Waals surface area contributed by atoms with Crippen LogP contribution in [0.15, 0.2) is 22.7 Å². The maximum atomic E-state index is 13.9. The minimum Gasteiger partial charge on any atom is -0.317 e. The lowest BCUT2D eigenvalue weighted by Crippen LogP contribution is -2.26. The summed E-state index contributed by atoms with van der Waals surface area (Å²) in [5.74, 6) is 0.615. The Morgan fingerprint density at radius 3 is 2.47 bits per heavy atom. The molecule has 0 amide bonds. The number of halogens is 2. The zero-order valence-electron chi connectivity index (χ0n) is 10.4. The van der Waals surface area contributed by atoms with Gasteiger partial charge in [0.15, 0.2) is 0 Å². The molecular formula is C14H19BrFN. The van der Waals surface area contributed by atoms with Crippen molar-refractivity contribution in [3.05, 3.63) is 33.8 Å². The van der Waals surface area contributed by atoms with Crippen molar-refractivity contribution in [3.8, 4) is 0 Å². The minimum absolute atomic E-state index is 0.615. The number of rotatable bonds is 2. The SMILES string of the molecule is CC(C)(F)c1ccc(C2CCNCC2)cc1Br. The second kappa shape index (κ2) is 5.07. The van der Waals surface area contributed by atoms with Crippen LogP contribution in [0.25, 0.3) is 0 Å². The Bertz CT molecular complexity index is 392. The van der Waals surface area contributed by atoms with E-state index >= 15 is 0 Å². The van der Waals surface area contributed by atoms with E-state index in [0.717, 1.165) is 23.1 Å². The highest BCUT2D eigenvalue weighted by atomic mass is 79.9. The number of hydrogen-bond donors (Lipinski definition) is 1. The molecule has 17 heavy (non-hydrogen) atoms. The van der Waals surface area contributed by atoms with E-state index in [4.69, 9.17) is 0 Å². The standard InChI is InChI=1S/C14H19BrFN/c1-14(2,16)12-4-3-11(9-13(12)15)10-5-7-17-8-6-10/h3-4,9-10,17H,5-8H2,1-2H3. The van der Waals surface area contributed by atoms with Crippen LogP contribution in [-0.4, -0.2) is 13.1 Å². The van der Waals surface area contributed by atoms with Crippen LogP contribution in [0.5, 0.6) is 0 Å². The van der Waals surface area contributed by atoms with Crippen LogP contribution in [0.2, 0.25) is 0 Å². The molecule has 1 N–H and O–H groups in total. The fourth-order valence-corrected chi connectivity index (χ4v) is 3.29. The van der Waals surface area contributed by atoms with Gasteiger partial charge < -0.3 is 5.32 Å². The van der Waals surface area contributed by atoms with Crippen LogP contribution in [-0.2, 0) is 5.67 Å². The quantitative estimate of drug-likeness (QED) is 0.866. The molecule has 1 nitrogen and oxygen atoms in total. The van der Waals surface area contributed by atoms with Crippen molar-refractivity contribution in [1.82, 2.24) is 5.32 Å². The van der Waals surface area contributed by atoms with E-state index in [0.29, 0.717) is 5.92 Å². The Morgan fingerprint density at radius 2 is 1.94 bits per heavy atom. The van der Waals surface area contributed by atoms with Crippen LogP contribution in [0.4, 0.5) is 4.39 Å². The van der Waals surface area contributed by atoms with Crippen molar-refractivity contribution >= 4 is 15.9 Å². The van der Waals surface area contributed by atoms with Crippen LogP contribution in [0.3, 0.4) is 0 Å². The maximum absolute atomic E-state index is 13.9. The van der Waals surface area contributed by atoms with Gasteiger partial charge in [0.25, 0.3) is 0 Å². The fraction of sp³-hybridized carbons (Fsp3) is 0.571. The summed E-state index contributed by atoms with van der Waals surface area (Å²) in [4.78, 5) is 0. The highest BCUT2D eigenvalue weighted by Gasteiger charge is 2.23. The Labute approximate surface area is 111 Å². The summed E-state index contributed by atoms with van der Waals surface area (Å²) < 4.78 is 14.8. The number of piperidine rings is 1. The number of hydrogen-bond acceptors (Lipinski definition) is 1. The molecule has 0 bridgehead atoms. The summed E-state index contributed by atoms with van der Waals surface area (Å²) in [6.45, 7) is 5.35. The first-order valence-electron chi connectivity index (χ1n) is 6.18. The molecule has 1 saturated heterocycles. The topological polar surface area (TPSA) is 12.0 Å². The third-order valence-corrected chi connectivity index (χ3v) is 4.10. The first kappa shape index (κ1) is 13.0. The molecule has 0 spiro atoms. The molecule has 1 aromatic carbocycles. The largest absolute Gasteiger partial charge is 0.317 e. The molecule has 0 aliphatic carbocycles. The maximum Gasteiger partial charge on any atom is 0.131 e. The van der Waals surface area contributed by atoms with E-state index in [9.17, 15) is 4.39 Å². The van der Waals surface area contributed by atoms with Gasteiger partial charge in [0.2, 0.25) is 0 Å². The first-order valence-corrected chi connectivity index (χ1v) is 6.97. The molecule has 1 aliphatic heterocycles. The summed E-state index contributed by atoms with van der Waals surface area (Å²) in [6, 6.07) is 6.09. The summed E-state index contributed by atoms with van der Waals surface area (Å²) in [6.07, 6.45) is 2.34. The molecule has 0 unspecified atom stereocenters. The predicted molar refractivity (Wildman–Crippen MR) is 73.1 cm³/mol. The third kappa shape index (κ3) is 3.08. The molecule has 3 heteroatoms. The lowest BCUT2D eigenvalue weighted by molar-refractivity contribution is 0.220. The molecular weight excluding hydrogens is 281 g/mol. The fourth-order valence-electron chi connectivity index (χ4n) is 2.42. The third-order valence-electron chi connectivity index (χ3n) is 3.44. The summed E-state index contributed by atoms with van der Waals surface area (Å²) in [7, 11) is 0. The van der Waals surface area contributed by atoms with Gasteiger partial charge in [-0.15, -0.1) is 0 Å². The lowest BCUT2D eigenvalue weighted by atomic mass is 9.88. The van der Waals surface area contributed by atoms with E-state index in [1.54, 1.807) is 13.8 Å². The predicted octanol–water partition coefficient (Wildman–Crippen LogP) is 4.12. The summed E-state index contributed by atoms with van der Waals surface area (Å²) >= 11 is 3.49. The molecule has 1 aromatic rings. The van der Waals surface area contributed by atoms with E-state index in [-0.39, 0.29) is 0 Å². The lowest BCUT2D eigenvalue weighted by Gasteiger charge is -2.24. The van der Waals surface area contributed by atoms with Gasteiger partial charge in [-0.2, -0.15) is 0 Å². The van der Waals surface area contributed by atoms with E-state index < -0.39 is 5.67 Å². The normalized spacial score (nSPS) is 18.4. The number of nitrogens with one attached hydrogen (secondary N) is 1. The Kier molecular flexibility index (Phi) is 3.88. The zero-order chi connectivity index (χ0) is 12.5. The highest BCUT2D eigenvalue weighted by Crippen LogP contribution is 2.35. The molecule has 94 valence electrons. The van der Waals surface area contributed by atoms with E-state index in [1.807, 2.05) is 6.07 Å². The molecule has 2 rings (SSSR count). The van der Waals surface area contributed by atoms with Crippen LogP contribution < -0.4 is 5.32 Å². The molecule has 1 aliphatic rings. The molecule has 0 radical (unpaired) electrons. The number of benzene rings is 1. The van der Waals surface area contributed by atoms with Crippen molar-refractivity contribution in [1.29, 1.82) is 0 Å². The Hall–Kier alpha value is -0.410. The summed E-state index contributed by atoms with van der Waals surface area (Å²) in [5.41, 5.74) is 0.771. The highest BCUT2D eigenvalue weighted by molar-refractivity contribution is 9.10.